The van der Waals surface area contributed by atoms with Crippen molar-refractivity contribution in [1.82, 2.24) is 10.2 Å². The van der Waals surface area contributed by atoms with Crippen molar-refractivity contribution in [3.05, 3.63) is 0 Å². The van der Waals surface area contributed by atoms with Gasteiger partial charge in [0.2, 0.25) is 0 Å². The van der Waals surface area contributed by atoms with Gasteiger partial charge in [0.1, 0.15) is 5.54 Å². The molecule has 1 heterocycles. The molecule has 5 nitrogen and oxygen atoms in total. The number of carbonyl (C=O) groups is 2. The molecular weight excluding hydrogens is 275 g/mol. The van der Waals surface area contributed by atoms with Crippen molar-refractivity contribution >= 4 is 11.9 Å². The van der Waals surface area contributed by atoms with E-state index < -0.39 is 36.1 Å². The Bertz CT molecular complexity index is 464. The molecule has 2 fully saturated rings. The maximum atomic E-state index is 12.6. The van der Waals surface area contributed by atoms with E-state index in [1.165, 1.54) is 0 Å². The predicted molar refractivity (Wildman–Crippen MR) is 61.2 cm³/mol. The van der Waals surface area contributed by atoms with Crippen LogP contribution in [-0.2, 0) is 4.79 Å². The molecule has 1 aliphatic carbocycles. The molecule has 1 saturated carbocycles. The molecule has 3 amide bonds. The predicted octanol–water partition coefficient (Wildman–Crippen LogP) is 1.94. The summed E-state index contributed by atoms with van der Waals surface area (Å²) < 4.78 is 37.7. The van der Waals surface area contributed by atoms with Crippen LogP contribution in [-0.4, -0.2) is 35.1 Å². The molecule has 0 aromatic rings. The topological polar surface area (TPSA) is 73.2 Å². The summed E-state index contributed by atoms with van der Waals surface area (Å²) in [6.07, 6.45) is -1.43. The number of alkyl halides is 3. The number of halogens is 3. The van der Waals surface area contributed by atoms with Crippen molar-refractivity contribution in [2.45, 2.75) is 43.8 Å². The second kappa shape index (κ2) is 4.96. The van der Waals surface area contributed by atoms with Gasteiger partial charge in [-0.15, -0.1) is 0 Å². The number of carbonyl (C=O) groups excluding carboxylic acids is 2. The summed E-state index contributed by atoms with van der Waals surface area (Å²) in [4.78, 5) is 24.5. The zero-order valence-corrected chi connectivity index (χ0v) is 10.7. The highest BCUT2D eigenvalue weighted by Gasteiger charge is 2.53. The van der Waals surface area contributed by atoms with Crippen LogP contribution in [0.5, 0.6) is 0 Å². The van der Waals surface area contributed by atoms with E-state index in [4.69, 9.17) is 5.26 Å². The van der Waals surface area contributed by atoms with Crippen molar-refractivity contribution in [1.29, 1.82) is 5.26 Å². The van der Waals surface area contributed by atoms with Crippen molar-refractivity contribution < 1.29 is 22.8 Å². The van der Waals surface area contributed by atoms with Crippen LogP contribution >= 0.6 is 0 Å². The SMILES string of the molecule is N#CC(CN1C(=O)NC2(CCCCC2)C1=O)C(F)(F)F. The van der Waals surface area contributed by atoms with Gasteiger partial charge >= 0.3 is 12.2 Å². The van der Waals surface area contributed by atoms with Crippen molar-refractivity contribution in [2.24, 2.45) is 5.92 Å². The monoisotopic (exact) mass is 289 g/mol. The lowest BCUT2D eigenvalue weighted by Crippen LogP contribution is -2.48. The Hall–Kier alpha value is -1.78. The number of amides is 3. The quantitative estimate of drug-likeness (QED) is 0.789. The molecule has 1 unspecified atom stereocenters. The van der Waals surface area contributed by atoms with Crippen LogP contribution in [0.2, 0.25) is 0 Å². The van der Waals surface area contributed by atoms with E-state index in [0.29, 0.717) is 17.7 Å². The maximum absolute atomic E-state index is 12.6. The van der Waals surface area contributed by atoms with Gasteiger partial charge in [-0.3, -0.25) is 9.69 Å². The normalized spacial score (nSPS) is 23.6. The number of rotatable bonds is 2. The molecule has 0 radical (unpaired) electrons. The number of nitrogens with one attached hydrogen (secondary N) is 1. The average molecular weight is 289 g/mol. The summed E-state index contributed by atoms with van der Waals surface area (Å²) in [5, 5.41) is 11.1. The summed E-state index contributed by atoms with van der Waals surface area (Å²) in [5.41, 5.74) is -1.05. The smallest absolute Gasteiger partial charge is 0.323 e. The third-order valence-corrected chi connectivity index (χ3v) is 3.87. The fourth-order valence-corrected chi connectivity index (χ4v) is 2.74. The fourth-order valence-electron chi connectivity index (χ4n) is 2.74. The molecule has 1 aliphatic heterocycles. The van der Waals surface area contributed by atoms with Gasteiger partial charge in [0, 0.05) is 0 Å². The molecule has 0 aromatic carbocycles. The third kappa shape index (κ3) is 2.44. The molecule has 110 valence electrons. The number of urea groups is 1. The van der Waals surface area contributed by atoms with E-state index in [9.17, 15) is 22.8 Å². The summed E-state index contributed by atoms with van der Waals surface area (Å²) >= 11 is 0. The van der Waals surface area contributed by atoms with Crippen molar-refractivity contribution in [3.8, 4) is 6.07 Å². The van der Waals surface area contributed by atoms with Crippen LogP contribution < -0.4 is 5.32 Å². The maximum Gasteiger partial charge on any atom is 0.406 e. The lowest BCUT2D eigenvalue weighted by Gasteiger charge is -2.30. The molecule has 1 N–H and O–H groups in total. The van der Waals surface area contributed by atoms with E-state index in [1.54, 1.807) is 0 Å². The van der Waals surface area contributed by atoms with Gasteiger partial charge in [-0.1, -0.05) is 19.3 Å². The van der Waals surface area contributed by atoms with Crippen molar-refractivity contribution in [2.75, 3.05) is 6.54 Å². The van der Waals surface area contributed by atoms with Gasteiger partial charge in [0.05, 0.1) is 12.6 Å². The molecule has 1 saturated heterocycles. The molecule has 0 bridgehead atoms. The molecule has 1 spiro atoms. The largest absolute Gasteiger partial charge is 0.406 e. The Labute approximate surface area is 113 Å². The molecule has 8 heteroatoms. The van der Waals surface area contributed by atoms with E-state index in [1.807, 2.05) is 0 Å². The van der Waals surface area contributed by atoms with Gasteiger partial charge < -0.3 is 5.32 Å². The van der Waals surface area contributed by atoms with Gasteiger partial charge in [0.25, 0.3) is 5.91 Å². The summed E-state index contributed by atoms with van der Waals surface area (Å²) in [6, 6.07) is 0.270. The highest BCUT2D eigenvalue weighted by atomic mass is 19.4. The van der Waals surface area contributed by atoms with Gasteiger partial charge in [-0.25, -0.2) is 4.79 Å². The first kappa shape index (κ1) is 14.6. The molecular formula is C12H14F3N3O2. The van der Waals surface area contributed by atoms with Gasteiger partial charge in [-0.05, 0) is 12.8 Å². The highest BCUT2D eigenvalue weighted by Crippen LogP contribution is 2.35. The van der Waals surface area contributed by atoms with Crippen LogP contribution in [0.3, 0.4) is 0 Å². The Morgan fingerprint density at radius 3 is 2.40 bits per heavy atom. The molecule has 2 rings (SSSR count). The highest BCUT2D eigenvalue weighted by molar-refractivity contribution is 6.07. The minimum Gasteiger partial charge on any atom is -0.323 e. The summed E-state index contributed by atoms with van der Waals surface area (Å²) in [5.74, 6) is -2.98. The minimum absolute atomic E-state index is 0.442. The van der Waals surface area contributed by atoms with Crippen LogP contribution in [0.4, 0.5) is 18.0 Å². The van der Waals surface area contributed by atoms with Gasteiger partial charge in [0.15, 0.2) is 5.92 Å². The average Bonchev–Trinajstić information content (AvgIpc) is 2.58. The lowest BCUT2D eigenvalue weighted by molar-refractivity contribution is -0.163. The van der Waals surface area contributed by atoms with E-state index >= 15 is 0 Å². The number of hydrogen-bond acceptors (Lipinski definition) is 3. The molecule has 2 aliphatic rings. The Kier molecular flexibility index (Phi) is 3.63. The first-order valence-corrected chi connectivity index (χ1v) is 6.40. The second-order valence-electron chi connectivity index (χ2n) is 5.21. The summed E-state index contributed by atoms with van der Waals surface area (Å²) in [7, 11) is 0. The Morgan fingerprint density at radius 2 is 1.90 bits per heavy atom. The number of imide groups is 1. The number of nitrogens with zero attached hydrogens (tertiary/aromatic N) is 2. The zero-order valence-electron chi connectivity index (χ0n) is 10.7. The van der Waals surface area contributed by atoms with Gasteiger partial charge in [-0.2, -0.15) is 18.4 Å². The van der Waals surface area contributed by atoms with E-state index in [2.05, 4.69) is 5.32 Å². The standard InChI is InChI=1S/C12H14F3N3O2/c13-12(14,15)8(6-16)7-18-9(19)11(17-10(18)20)4-2-1-3-5-11/h8H,1-5,7H2,(H,17,20). The van der Waals surface area contributed by atoms with Crippen molar-refractivity contribution in [3.63, 3.8) is 0 Å². The minimum atomic E-state index is -4.75. The fraction of sp³-hybridized carbons (Fsp3) is 0.750. The second-order valence-corrected chi connectivity index (χ2v) is 5.21. The first-order chi connectivity index (χ1) is 9.30. The van der Waals surface area contributed by atoms with Crippen LogP contribution in [0, 0.1) is 17.2 Å². The Morgan fingerprint density at radius 1 is 1.30 bits per heavy atom. The molecule has 1 atom stereocenters. The number of nitriles is 1. The van der Waals surface area contributed by atoms with Crippen LogP contribution in [0.1, 0.15) is 32.1 Å². The Balaban J connectivity index is 2.15. The van der Waals surface area contributed by atoms with Crippen LogP contribution in [0.15, 0.2) is 0 Å². The van der Waals surface area contributed by atoms with Crippen LogP contribution in [0.25, 0.3) is 0 Å². The van der Waals surface area contributed by atoms with E-state index in [0.717, 1.165) is 25.3 Å². The number of hydrogen-bond donors (Lipinski definition) is 1. The third-order valence-electron chi connectivity index (χ3n) is 3.87. The lowest BCUT2D eigenvalue weighted by atomic mass is 9.81. The zero-order chi connectivity index (χ0) is 15.0. The summed E-state index contributed by atoms with van der Waals surface area (Å²) in [6.45, 7) is -0.938. The molecule has 0 aromatic heterocycles. The first-order valence-electron chi connectivity index (χ1n) is 6.40. The molecule has 20 heavy (non-hydrogen) atoms. The van der Waals surface area contributed by atoms with E-state index in [-0.39, 0.29) is 0 Å².